The first-order valence-corrected chi connectivity index (χ1v) is 7.28. The average Bonchev–Trinajstić information content (AvgIpc) is 3.06. The van der Waals surface area contributed by atoms with Crippen LogP contribution in [0.2, 0.25) is 0 Å². The van der Waals surface area contributed by atoms with Gasteiger partial charge in [0.05, 0.1) is 12.2 Å². The Kier molecular flexibility index (Phi) is 3.60. The van der Waals surface area contributed by atoms with Gasteiger partial charge in [-0.3, -0.25) is 4.79 Å². The molecule has 21 heavy (non-hydrogen) atoms. The molecule has 0 radical (unpaired) electrons. The molecule has 0 saturated carbocycles. The third-order valence-electron chi connectivity index (χ3n) is 3.02. The number of nitrogens with zero attached hydrogens (tertiary/aromatic N) is 3. The first-order chi connectivity index (χ1) is 10.2. The largest absolute Gasteiger partial charge is 0.384 e. The minimum Gasteiger partial charge on any atom is -0.384 e. The second-order valence-corrected chi connectivity index (χ2v) is 5.60. The Labute approximate surface area is 125 Å². The summed E-state index contributed by atoms with van der Waals surface area (Å²) in [7, 11) is 0. The fraction of sp³-hybridized carbons (Fsp3) is 0.200. The van der Waals surface area contributed by atoms with E-state index < -0.39 is 0 Å². The lowest BCUT2D eigenvalue weighted by molar-refractivity contribution is 0.350. The number of fused-ring (bicyclic) bond motifs is 1. The monoisotopic (exact) mass is 299 g/mol. The van der Waals surface area contributed by atoms with Gasteiger partial charge in [0.25, 0.3) is 5.56 Å². The van der Waals surface area contributed by atoms with Gasteiger partial charge in [0.2, 0.25) is 0 Å². The molecule has 3 aromatic rings. The number of aliphatic hydroxyl groups is 1. The molecular formula is C15H13N3O2S. The van der Waals surface area contributed by atoms with Gasteiger partial charge in [-0.2, -0.15) is 5.10 Å². The molecule has 6 heteroatoms. The normalized spacial score (nSPS) is 10.6. The lowest BCUT2D eigenvalue weighted by atomic mass is 10.3. The van der Waals surface area contributed by atoms with Gasteiger partial charge in [-0.15, -0.1) is 11.3 Å². The van der Waals surface area contributed by atoms with Crippen molar-refractivity contribution in [1.82, 2.24) is 14.2 Å². The molecule has 1 N–H and O–H groups in total. The number of rotatable bonds is 2. The summed E-state index contributed by atoms with van der Waals surface area (Å²) in [4.78, 5) is 13.4. The van der Waals surface area contributed by atoms with E-state index in [2.05, 4.69) is 16.9 Å². The van der Waals surface area contributed by atoms with Crippen LogP contribution in [0.5, 0.6) is 0 Å². The first-order valence-electron chi connectivity index (χ1n) is 6.40. The van der Waals surface area contributed by atoms with Crippen molar-refractivity contribution in [2.75, 3.05) is 6.61 Å². The molecule has 0 fully saturated rings. The molecule has 0 aliphatic heterocycles. The van der Waals surface area contributed by atoms with E-state index in [-0.39, 0.29) is 12.2 Å². The standard InChI is InChI=1S/C15H13N3O2S/c1-11-7-14-15(20)17(4-5-18(14)16-11)9-13-8-12(10-21-13)3-2-6-19/h4-5,7-8,10,19H,6,9H2,1H3. The molecule has 0 saturated heterocycles. The molecule has 0 aromatic carbocycles. The van der Waals surface area contributed by atoms with Crippen molar-refractivity contribution >= 4 is 16.9 Å². The number of hydrogen-bond acceptors (Lipinski definition) is 4. The number of hydrogen-bond donors (Lipinski definition) is 1. The summed E-state index contributed by atoms with van der Waals surface area (Å²) < 4.78 is 3.26. The predicted molar refractivity (Wildman–Crippen MR) is 81.6 cm³/mol. The van der Waals surface area contributed by atoms with Crippen molar-refractivity contribution in [2.24, 2.45) is 0 Å². The van der Waals surface area contributed by atoms with Gasteiger partial charge < -0.3 is 9.67 Å². The molecule has 0 spiro atoms. The zero-order chi connectivity index (χ0) is 14.8. The van der Waals surface area contributed by atoms with Crippen LogP contribution in [-0.4, -0.2) is 25.9 Å². The summed E-state index contributed by atoms with van der Waals surface area (Å²) in [5, 5.41) is 14.8. The van der Waals surface area contributed by atoms with Crippen LogP contribution in [0.1, 0.15) is 16.1 Å². The number of aryl methyl sites for hydroxylation is 1. The zero-order valence-electron chi connectivity index (χ0n) is 11.4. The molecule has 3 heterocycles. The Morgan fingerprint density at radius 2 is 2.24 bits per heavy atom. The van der Waals surface area contributed by atoms with E-state index in [9.17, 15) is 4.79 Å². The second-order valence-electron chi connectivity index (χ2n) is 4.61. The maximum Gasteiger partial charge on any atom is 0.276 e. The average molecular weight is 299 g/mol. The molecule has 3 aromatic heterocycles. The van der Waals surface area contributed by atoms with E-state index in [0.29, 0.717) is 12.1 Å². The molecule has 3 rings (SSSR count). The van der Waals surface area contributed by atoms with Crippen LogP contribution < -0.4 is 5.56 Å². The molecule has 0 aliphatic carbocycles. The Hall–Kier alpha value is -2.36. The van der Waals surface area contributed by atoms with E-state index in [4.69, 9.17) is 5.11 Å². The molecular weight excluding hydrogens is 286 g/mol. The molecule has 106 valence electrons. The topological polar surface area (TPSA) is 59.5 Å². The SMILES string of the molecule is Cc1cc2c(=O)n(Cc3cc(C#CCO)cs3)ccn2n1. The highest BCUT2D eigenvalue weighted by Crippen LogP contribution is 2.15. The maximum absolute atomic E-state index is 12.4. The Morgan fingerprint density at radius 3 is 3.05 bits per heavy atom. The first kappa shape index (κ1) is 13.6. The van der Waals surface area contributed by atoms with Crippen molar-refractivity contribution in [2.45, 2.75) is 13.5 Å². The third-order valence-corrected chi connectivity index (χ3v) is 3.94. The van der Waals surface area contributed by atoms with E-state index >= 15 is 0 Å². The summed E-state index contributed by atoms with van der Waals surface area (Å²) in [5.74, 6) is 5.47. The fourth-order valence-corrected chi connectivity index (χ4v) is 2.93. The summed E-state index contributed by atoms with van der Waals surface area (Å²) in [6, 6.07) is 3.72. The highest BCUT2D eigenvalue weighted by molar-refractivity contribution is 7.10. The van der Waals surface area contributed by atoms with Crippen molar-refractivity contribution < 1.29 is 5.11 Å². The number of aromatic nitrogens is 3. The predicted octanol–water partition coefficient (Wildman–Crippen LogP) is 1.26. The summed E-state index contributed by atoms with van der Waals surface area (Å²) in [6.45, 7) is 2.22. The highest BCUT2D eigenvalue weighted by Gasteiger charge is 2.07. The van der Waals surface area contributed by atoms with Gasteiger partial charge in [-0.05, 0) is 19.1 Å². The third kappa shape index (κ3) is 2.75. The Bertz CT molecular complexity index is 908. The van der Waals surface area contributed by atoms with Crippen LogP contribution in [0.4, 0.5) is 0 Å². The van der Waals surface area contributed by atoms with Crippen molar-refractivity contribution in [3.8, 4) is 11.8 Å². The molecule has 0 atom stereocenters. The van der Waals surface area contributed by atoms with Gasteiger partial charge in [0.15, 0.2) is 0 Å². The quantitative estimate of drug-likeness (QED) is 0.725. The van der Waals surface area contributed by atoms with Gasteiger partial charge in [0, 0.05) is 28.2 Å². The lowest BCUT2D eigenvalue weighted by Crippen LogP contribution is -2.21. The van der Waals surface area contributed by atoms with Gasteiger partial charge in [0.1, 0.15) is 12.1 Å². The second kappa shape index (κ2) is 5.56. The molecule has 0 amide bonds. The van der Waals surface area contributed by atoms with E-state index in [1.165, 1.54) is 0 Å². The smallest absolute Gasteiger partial charge is 0.276 e. The summed E-state index contributed by atoms with van der Waals surface area (Å²) >= 11 is 1.55. The summed E-state index contributed by atoms with van der Waals surface area (Å²) in [5.41, 5.74) is 2.20. The van der Waals surface area contributed by atoms with Crippen molar-refractivity contribution in [3.05, 3.63) is 56.4 Å². The molecule has 5 nitrogen and oxygen atoms in total. The van der Waals surface area contributed by atoms with Crippen molar-refractivity contribution in [3.63, 3.8) is 0 Å². The fourth-order valence-electron chi connectivity index (χ4n) is 2.11. The number of thiophene rings is 1. The minimum absolute atomic E-state index is 0.0607. The van der Waals surface area contributed by atoms with Crippen LogP contribution in [0, 0.1) is 18.8 Å². The van der Waals surface area contributed by atoms with Gasteiger partial charge in [-0.1, -0.05) is 11.8 Å². The number of aliphatic hydroxyl groups excluding tert-OH is 1. The van der Waals surface area contributed by atoms with Crippen LogP contribution in [0.3, 0.4) is 0 Å². The molecule has 0 aliphatic rings. The van der Waals surface area contributed by atoms with Crippen LogP contribution >= 0.6 is 11.3 Å². The minimum atomic E-state index is -0.151. The summed E-state index contributed by atoms with van der Waals surface area (Å²) in [6.07, 6.45) is 3.52. The Morgan fingerprint density at radius 1 is 1.38 bits per heavy atom. The lowest BCUT2D eigenvalue weighted by Gasteiger charge is -2.03. The van der Waals surface area contributed by atoms with Crippen LogP contribution in [0.15, 0.2) is 34.7 Å². The van der Waals surface area contributed by atoms with E-state index in [0.717, 1.165) is 16.1 Å². The van der Waals surface area contributed by atoms with E-state index in [1.54, 1.807) is 38.9 Å². The molecule has 0 unspecified atom stereocenters. The highest BCUT2D eigenvalue weighted by atomic mass is 32.1. The van der Waals surface area contributed by atoms with Crippen LogP contribution in [-0.2, 0) is 6.54 Å². The Balaban J connectivity index is 1.92. The zero-order valence-corrected chi connectivity index (χ0v) is 12.2. The van der Waals surface area contributed by atoms with Crippen molar-refractivity contribution in [1.29, 1.82) is 0 Å². The van der Waals surface area contributed by atoms with E-state index in [1.807, 2.05) is 18.4 Å². The van der Waals surface area contributed by atoms with Crippen LogP contribution in [0.25, 0.3) is 5.52 Å². The van der Waals surface area contributed by atoms with Gasteiger partial charge >= 0.3 is 0 Å². The molecule has 0 bridgehead atoms. The van der Waals surface area contributed by atoms with Gasteiger partial charge in [-0.25, -0.2) is 4.52 Å². The maximum atomic E-state index is 12.4.